The first-order chi connectivity index (χ1) is 13.7. The van der Waals surface area contributed by atoms with Crippen molar-refractivity contribution in [3.8, 4) is 0 Å². The first-order valence-corrected chi connectivity index (χ1v) is 9.58. The average molecular weight is 378 g/mol. The number of nitrogens with one attached hydrogen (secondary N) is 3. The lowest BCUT2D eigenvalue weighted by molar-refractivity contribution is 0.646. The Morgan fingerprint density at radius 2 is 1.96 bits per heavy atom. The molecule has 2 heterocycles. The summed E-state index contributed by atoms with van der Waals surface area (Å²) in [6.07, 6.45) is 5.78. The zero-order chi connectivity index (χ0) is 19.4. The van der Waals surface area contributed by atoms with Gasteiger partial charge in [0.15, 0.2) is 11.6 Å². The van der Waals surface area contributed by atoms with Gasteiger partial charge >= 0.3 is 0 Å². The number of nitrogens with zero attached hydrogens (tertiary/aromatic N) is 5. The van der Waals surface area contributed by atoms with E-state index in [9.17, 15) is 0 Å². The molecule has 0 unspecified atom stereocenters. The monoisotopic (exact) mass is 378 g/mol. The van der Waals surface area contributed by atoms with Gasteiger partial charge < -0.3 is 16.0 Å². The second kappa shape index (κ2) is 7.84. The fraction of sp³-hybridized carbons (Fsp3) is 0.400. The molecule has 2 aromatic heterocycles. The van der Waals surface area contributed by atoms with Gasteiger partial charge in [0.25, 0.3) is 0 Å². The summed E-state index contributed by atoms with van der Waals surface area (Å²) in [5, 5.41) is 15.3. The van der Waals surface area contributed by atoms with E-state index < -0.39 is 0 Å². The second-order valence-corrected chi connectivity index (χ2v) is 7.15. The maximum Gasteiger partial charge on any atom is 0.191 e. The minimum atomic E-state index is 0.254. The van der Waals surface area contributed by atoms with E-state index in [0.29, 0.717) is 6.54 Å². The van der Waals surface area contributed by atoms with Gasteiger partial charge in [0.05, 0.1) is 11.6 Å². The van der Waals surface area contributed by atoms with Crippen LogP contribution < -0.4 is 16.0 Å². The van der Waals surface area contributed by atoms with Crippen LogP contribution in [0, 0.1) is 0 Å². The molecule has 1 saturated carbocycles. The van der Waals surface area contributed by atoms with Crippen molar-refractivity contribution in [1.82, 2.24) is 30.4 Å². The Bertz CT molecular complexity index is 959. The van der Waals surface area contributed by atoms with Gasteiger partial charge in [-0.3, -0.25) is 9.67 Å². The number of hydrogen-bond donors (Lipinski definition) is 3. The summed E-state index contributed by atoms with van der Waals surface area (Å²) in [4.78, 5) is 12.9. The fourth-order valence-corrected chi connectivity index (χ4v) is 3.45. The van der Waals surface area contributed by atoms with E-state index in [1.54, 1.807) is 24.3 Å². The van der Waals surface area contributed by atoms with Crippen LogP contribution in [0.15, 0.2) is 47.8 Å². The summed E-state index contributed by atoms with van der Waals surface area (Å²) in [6, 6.07) is 10.7. The Balaban J connectivity index is 1.26. The standard InChI is InChI=1S/C20H26N8/c1-21-19(24-13-20(8-9-20)15-6-4-3-5-7-15)23-11-10-22-17-16-12-27-28(2)18(16)26-14-25-17/h3-7,12,14H,8-11,13H2,1-2H3,(H2,21,23,24)(H,22,25,26). The molecule has 8 heteroatoms. The molecule has 1 aliphatic rings. The number of anilines is 1. The summed E-state index contributed by atoms with van der Waals surface area (Å²) in [5.41, 5.74) is 2.48. The fourth-order valence-electron chi connectivity index (χ4n) is 3.45. The number of aliphatic imine (C=N–C) groups is 1. The van der Waals surface area contributed by atoms with Crippen LogP contribution in [-0.2, 0) is 12.5 Å². The Morgan fingerprint density at radius 1 is 1.14 bits per heavy atom. The lowest BCUT2D eigenvalue weighted by Crippen LogP contribution is -2.42. The van der Waals surface area contributed by atoms with Crippen molar-refractivity contribution < 1.29 is 0 Å². The van der Waals surface area contributed by atoms with Crippen LogP contribution in [0.4, 0.5) is 5.82 Å². The summed E-state index contributed by atoms with van der Waals surface area (Å²) in [5.74, 6) is 1.61. The minimum Gasteiger partial charge on any atom is -0.368 e. The van der Waals surface area contributed by atoms with Gasteiger partial charge in [-0.2, -0.15) is 5.10 Å². The van der Waals surface area contributed by atoms with Gasteiger partial charge in [0.2, 0.25) is 0 Å². The number of benzene rings is 1. The van der Waals surface area contributed by atoms with E-state index in [2.05, 4.69) is 66.3 Å². The van der Waals surface area contributed by atoms with Crippen molar-refractivity contribution in [2.75, 3.05) is 32.0 Å². The summed E-state index contributed by atoms with van der Waals surface area (Å²) in [6.45, 7) is 2.33. The highest BCUT2D eigenvalue weighted by Gasteiger charge is 2.43. The molecule has 1 aliphatic carbocycles. The van der Waals surface area contributed by atoms with E-state index in [1.807, 2.05) is 7.05 Å². The molecule has 3 N–H and O–H groups in total. The SMILES string of the molecule is CN=C(NCCNc1ncnc2c1cnn2C)NCC1(c2ccccc2)CC1. The largest absolute Gasteiger partial charge is 0.368 e. The van der Waals surface area contributed by atoms with Crippen LogP contribution in [-0.4, -0.2) is 52.4 Å². The molecule has 28 heavy (non-hydrogen) atoms. The first-order valence-electron chi connectivity index (χ1n) is 9.58. The lowest BCUT2D eigenvalue weighted by Gasteiger charge is -2.19. The molecular formula is C20H26N8. The average Bonchev–Trinajstić information content (AvgIpc) is 3.44. The van der Waals surface area contributed by atoms with E-state index in [0.717, 1.165) is 35.9 Å². The molecule has 0 bridgehead atoms. The molecule has 0 spiro atoms. The summed E-state index contributed by atoms with van der Waals surface area (Å²) < 4.78 is 1.74. The third-order valence-electron chi connectivity index (χ3n) is 5.30. The quantitative estimate of drug-likeness (QED) is 0.329. The Hall–Kier alpha value is -3.16. The second-order valence-electron chi connectivity index (χ2n) is 7.15. The van der Waals surface area contributed by atoms with Gasteiger partial charge in [0.1, 0.15) is 12.1 Å². The summed E-state index contributed by atoms with van der Waals surface area (Å²) >= 11 is 0. The smallest absolute Gasteiger partial charge is 0.191 e. The highest BCUT2D eigenvalue weighted by Crippen LogP contribution is 2.47. The predicted molar refractivity (Wildman–Crippen MR) is 112 cm³/mol. The van der Waals surface area contributed by atoms with Crippen molar-refractivity contribution in [1.29, 1.82) is 0 Å². The topological polar surface area (TPSA) is 92.1 Å². The molecule has 0 amide bonds. The third kappa shape index (κ3) is 3.76. The molecule has 0 radical (unpaired) electrons. The van der Waals surface area contributed by atoms with Gasteiger partial charge in [-0.15, -0.1) is 0 Å². The predicted octanol–water partition coefficient (Wildman–Crippen LogP) is 1.67. The minimum absolute atomic E-state index is 0.254. The van der Waals surface area contributed by atoms with Crippen LogP contribution >= 0.6 is 0 Å². The van der Waals surface area contributed by atoms with E-state index in [1.165, 1.54) is 18.4 Å². The number of aromatic nitrogens is 4. The van der Waals surface area contributed by atoms with Crippen LogP contribution in [0.25, 0.3) is 11.0 Å². The zero-order valence-corrected chi connectivity index (χ0v) is 16.3. The highest BCUT2D eigenvalue weighted by molar-refractivity contribution is 5.86. The number of aryl methyl sites for hydroxylation is 1. The molecule has 0 saturated heterocycles. The van der Waals surface area contributed by atoms with Crippen molar-refractivity contribution in [2.45, 2.75) is 18.3 Å². The molecule has 0 atom stereocenters. The van der Waals surface area contributed by atoms with Gasteiger partial charge in [-0.05, 0) is 18.4 Å². The molecule has 3 aromatic rings. The van der Waals surface area contributed by atoms with Gasteiger partial charge in [0, 0.05) is 39.1 Å². The summed E-state index contributed by atoms with van der Waals surface area (Å²) in [7, 11) is 3.67. The van der Waals surface area contributed by atoms with Gasteiger partial charge in [-0.1, -0.05) is 30.3 Å². The van der Waals surface area contributed by atoms with Crippen LogP contribution in [0.5, 0.6) is 0 Å². The number of hydrogen-bond acceptors (Lipinski definition) is 5. The molecule has 0 aliphatic heterocycles. The maximum absolute atomic E-state index is 4.34. The van der Waals surface area contributed by atoms with Crippen LogP contribution in [0.3, 0.4) is 0 Å². The molecule has 1 aromatic carbocycles. The van der Waals surface area contributed by atoms with Crippen LogP contribution in [0.1, 0.15) is 18.4 Å². The maximum atomic E-state index is 4.34. The molecule has 1 fully saturated rings. The van der Waals surface area contributed by atoms with Crippen molar-refractivity contribution in [2.24, 2.45) is 12.0 Å². The van der Waals surface area contributed by atoms with E-state index in [4.69, 9.17) is 0 Å². The zero-order valence-electron chi connectivity index (χ0n) is 16.3. The number of fused-ring (bicyclic) bond motifs is 1. The van der Waals surface area contributed by atoms with Gasteiger partial charge in [-0.25, -0.2) is 9.97 Å². The van der Waals surface area contributed by atoms with Crippen molar-refractivity contribution in [3.63, 3.8) is 0 Å². The Kier molecular flexibility index (Phi) is 5.10. The van der Waals surface area contributed by atoms with Crippen LogP contribution in [0.2, 0.25) is 0 Å². The molecule has 8 nitrogen and oxygen atoms in total. The Labute approximate surface area is 164 Å². The third-order valence-corrected chi connectivity index (χ3v) is 5.30. The molecule has 4 rings (SSSR count). The number of rotatable bonds is 7. The van der Waals surface area contributed by atoms with Crippen molar-refractivity contribution >= 4 is 22.8 Å². The molecule has 146 valence electrons. The number of guanidine groups is 1. The lowest BCUT2D eigenvalue weighted by atomic mass is 9.96. The molecular weight excluding hydrogens is 352 g/mol. The van der Waals surface area contributed by atoms with E-state index in [-0.39, 0.29) is 5.41 Å². The normalized spacial score (nSPS) is 15.4. The Morgan fingerprint density at radius 3 is 2.71 bits per heavy atom. The first kappa shape index (κ1) is 18.2. The highest BCUT2D eigenvalue weighted by atomic mass is 15.3. The van der Waals surface area contributed by atoms with Crippen molar-refractivity contribution in [3.05, 3.63) is 48.4 Å². The van der Waals surface area contributed by atoms with E-state index >= 15 is 0 Å².